The molecule has 0 fully saturated rings. The number of nitrogens with zero attached hydrogens (tertiary/aromatic N) is 4. The van der Waals surface area contributed by atoms with Crippen molar-refractivity contribution >= 4 is 17.2 Å². The van der Waals surface area contributed by atoms with Crippen LogP contribution in [0.15, 0.2) is 48.1 Å². The van der Waals surface area contributed by atoms with Crippen LogP contribution in [-0.2, 0) is 11.3 Å². The summed E-state index contributed by atoms with van der Waals surface area (Å²) in [5, 5.41) is 3.01. The van der Waals surface area contributed by atoms with Crippen LogP contribution in [0.25, 0.3) is 10.6 Å². The van der Waals surface area contributed by atoms with Gasteiger partial charge in [-0.2, -0.15) is 0 Å². The van der Waals surface area contributed by atoms with Crippen molar-refractivity contribution in [3.63, 3.8) is 0 Å². The van der Waals surface area contributed by atoms with Crippen molar-refractivity contribution in [1.82, 2.24) is 19.4 Å². The molecule has 0 aliphatic heterocycles. The van der Waals surface area contributed by atoms with Gasteiger partial charge in [0, 0.05) is 42.8 Å². The Morgan fingerprint density at radius 2 is 2.08 bits per heavy atom. The van der Waals surface area contributed by atoms with Crippen LogP contribution < -0.4 is 0 Å². The molecular weight excluding hydrogens is 332 g/mol. The largest absolute Gasteiger partial charge is 0.340 e. The fraction of sp³-hybridized carbons (Fsp3) is 0.316. The van der Waals surface area contributed by atoms with E-state index >= 15 is 0 Å². The molecular formula is C19H22N4OS. The minimum atomic E-state index is 0.0905. The highest BCUT2D eigenvalue weighted by atomic mass is 32.1. The third kappa shape index (κ3) is 4.14. The smallest absolute Gasteiger partial charge is 0.224 e. The molecule has 0 spiro atoms. The highest BCUT2D eigenvalue weighted by Crippen LogP contribution is 2.24. The van der Waals surface area contributed by atoms with E-state index in [1.165, 1.54) is 0 Å². The van der Waals surface area contributed by atoms with Gasteiger partial charge in [-0.25, -0.2) is 9.97 Å². The van der Waals surface area contributed by atoms with Gasteiger partial charge in [-0.3, -0.25) is 4.79 Å². The van der Waals surface area contributed by atoms with Crippen LogP contribution in [0.5, 0.6) is 0 Å². The maximum atomic E-state index is 12.5. The second kappa shape index (κ2) is 7.61. The average Bonchev–Trinajstić information content (AvgIpc) is 3.24. The number of benzene rings is 1. The molecule has 25 heavy (non-hydrogen) atoms. The first-order valence-electron chi connectivity index (χ1n) is 8.28. The zero-order valence-electron chi connectivity index (χ0n) is 14.7. The van der Waals surface area contributed by atoms with Gasteiger partial charge in [0.1, 0.15) is 10.8 Å². The third-order valence-corrected chi connectivity index (χ3v) is 5.14. The first kappa shape index (κ1) is 17.4. The minimum absolute atomic E-state index is 0.0905. The van der Waals surface area contributed by atoms with Crippen LogP contribution >= 0.6 is 11.3 Å². The molecule has 0 radical (unpaired) electrons. The number of amides is 1. The molecule has 3 aromatic rings. The predicted molar refractivity (Wildman–Crippen MR) is 100 cm³/mol. The summed E-state index contributed by atoms with van der Waals surface area (Å²) in [6, 6.07) is 10.2. The van der Waals surface area contributed by atoms with Crippen LogP contribution in [0.4, 0.5) is 0 Å². The quantitative estimate of drug-likeness (QED) is 0.674. The molecule has 1 aromatic carbocycles. The predicted octanol–water partition coefficient (Wildman–Crippen LogP) is 3.92. The zero-order valence-corrected chi connectivity index (χ0v) is 15.5. The molecule has 3 rings (SSSR count). The summed E-state index contributed by atoms with van der Waals surface area (Å²) >= 11 is 1.61. The van der Waals surface area contributed by atoms with Gasteiger partial charge in [0.05, 0.1) is 12.2 Å². The van der Waals surface area contributed by atoms with E-state index in [1.54, 1.807) is 22.4 Å². The van der Waals surface area contributed by atoms with Gasteiger partial charge in [-0.15, -0.1) is 11.3 Å². The first-order chi connectivity index (χ1) is 12.0. The summed E-state index contributed by atoms with van der Waals surface area (Å²) in [6.45, 7) is 4.51. The molecule has 5 nitrogen and oxygen atoms in total. The van der Waals surface area contributed by atoms with Crippen molar-refractivity contribution in [1.29, 1.82) is 0 Å². The molecule has 0 saturated heterocycles. The zero-order chi connectivity index (χ0) is 17.8. The lowest BCUT2D eigenvalue weighted by Gasteiger charge is -2.20. The Bertz CT molecular complexity index is 840. The van der Waals surface area contributed by atoms with E-state index < -0.39 is 0 Å². The lowest BCUT2D eigenvalue weighted by Crippen LogP contribution is -2.28. The van der Waals surface area contributed by atoms with Crippen molar-refractivity contribution < 1.29 is 4.79 Å². The summed E-state index contributed by atoms with van der Waals surface area (Å²) in [7, 11) is 1.83. The van der Waals surface area contributed by atoms with Gasteiger partial charge in [0.2, 0.25) is 5.91 Å². The highest BCUT2D eigenvalue weighted by molar-refractivity contribution is 7.13. The fourth-order valence-electron chi connectivity index (χ4n) is 2.78. The van der Waals surface area contributed by atoms with Gasteiger partial charge < -0.3 is 9.47 Å². The van der Waals surface area contributed by atoms with Crippen LogP contribution in [-0.4, -0.2) is 32.4 Å². The Balaban J connectivity index is 1.60. The van der Waals surface area contributed by atoms with Crippen LogP contribution in [0, 0.1) is 6.92 Å². The van der Waals surface area contributed by atoms with Crippen molar-refractivity contribution in [2.45, 2.75) is 32.9 Å². The van der Waals surface area contributed by atoms with Crippen LogP contribution in [0.3, 0.4) is 0 Å². The van der Waals surface area contributed by atoms with Crippen molar-refractivity contribution in [3.05, 3.63) is 59.6 Å². The van der Waals surface area contributed by atoms with Gasteiger partial charge in [-0.05, 0) is 13.8 Å². The summed E-state index contributed by atoms with van der Waals surface area (Å²) in [6.07, 6.45) is 4.13. The number of thiazole rings is 1. The first-order valence-corrected chi connectivity index (χ1v) is 9.16. The molecule has 1 atom stereocenters. The van der Waals surface area contributed by atoms with E-state index in [1.807, 2.05) is 67.4 Å². The number of carbonyl (C=O) groups excluding carboxylic acids is 1. The number of aromatic nitrogens is 3. The van der Waals surface area contributed by atoms with Crippen molar-refractivity contribution in [2.75, 3.05) is 7.05 Å². The summed E-state index contributed by atoms with van der Waals surface area (Å²) in [5.74, 6) is 1.03. The summed E-state index contributed by atoms with van der Waals surface area (Å²) < 4.78 is 2.03. The van der Waals surface area contributed by atoms with Gasteiger partial charge in [0.25, 0.3) is 0 Å². The molecule has 130 valence electrons. The van der Waals surface area contributed by atoms with Crippen molar-refractivity contribution in [2.24, 2.45) is 0 Å². The molecule has 2 heterocycles. The molecule has 0 bridgehead atoms. The molecule has 6 heteroatoms. The fourth-order valence-corrected chi connectivity index (χ4v) is 3.60. The Morgan fingerprint density at radius 3 is 2.76 bits per heavy atom. The number of rotatable bonds is 6. The molecule has 0 N–H and O–H groups in total. The standard InChI is InChI=1S/C19H22N4OS/c1-14(23-10-9-20-15(23)2)11-18(24)22(3)12-17-13-25-19(21-17)16-7-5-4-6-8-16/h4-10,13-14H,11-12H2,1-3H3. The molecule has 0 saturated carbocycles. The second-order valence-corrected chi connectivity index (χ2v) is 7.05. The lowest BCUT2D eigenvalue weighted by molar-refractivity contribution is -0.131. The Labute approximate surface area is 152 Å². The molecule has 0 aliphatic rings. The SMILES string of the molecule is Cc1nccn1C(C)CC(=O)N(C)Cc1csc(-c2ccccc2)n1. The Hall–Kier alpha value is -2.47. The van der Waals surface area contributed by atoms with Gasteiger partial charge >= 0.3 is 0 Å². The maximum absolute atomic E-state index is 12.5. The van der Waals surface area contributed by atoms with E-state index in [0.29, 0.717) is 13.0 Å². The number of imidazole rings is 1. The normalized spacial score (nSPS) is 12.1. The van der Waals surface area contributed by atoms with Crippen molar-refractivity contribution in [3.8, 4) is 10.6 Å². The van der Waals surface area contributed by atoms with Crippen LogP contribution in [0.2, 0.25) is 0 Å². The van der Waals surface area contributed by atoms with Crippen LogP contribution in [0.1, 0.15) is 30.9 Å². The van der Waals surface area contributed by atoms with E-state index in [9.17, 15) is 4.79 Å². The average molecular weight is 354 g/mol. The third-order valence-electron chi connectivity index (χ3n) is 4.20. The Morgan fingerprint density at radius 1 is 1.32 bits per heavy atom. The Kier molecular flexibility index (Phi) is 5.28. The second-order valence-electron chi connectivity index (χ2n) is 6.19. The topological polar surface area (TPSA) is 51.0 Å². The number of hydrogen-bond donors (Lipinski definition) is 0. The molecule has 1 unspecified atom stereocenters. The molecule has 0 aliphatic carbocycles. The van der Waals surface area contributed by atoms with Gasteiger partial charge in [0.15, 0.2) is 0 Å². The molecule has 2 aromatic heterocycles. The lowest BCUT2D eigenvalue weighted by atomic mass is 10.2. The van der Waals surface area contributed by atoms with E-state index in [-0.39, 0.29) is 11.9 Å². The number of hydrogen-bond acceptors (Lipinski definition) is 4. The van der Waals surface area contributed by atoms with E-state index in [2.05, 4.69) is 9.97 Å². The number of aryl methyl sites for hydroxylation is 1. The van der Waals surface area contributed by atoms with Gasteiger partial charge in [-0.1, -0.05) is 30.3 Å². The van der Waals surface area contributed by atoms with E-state index in [0.717, 1.165) is 22.1 Å². The summed E-state index contributed by atoms with van der Waals surface area (Å²) in [4.78, 5) is 23.1. The highest BCUT2D eigenvalue weighted by Gasteiger charge is 2.17. The monoisotopic (exact) mass is 354 g/mol. The maximum Gasteiger partial charge on any atom is 0.224 e. The minimum Gasteiger partial charge on any atom is -0.340 e. The van der Waals surface area contributed by atoms with E-state index in [4.69, 9.17) is 0 Å². The number of carbonyl (C=O) groups is 1. The molecule has 1 amide bonds. The summed E-state index contributed by atoms with van der Waals surface area (Å²) in [5.41, 5.74) is 2.03.